The zero-order valence-corrected chi connectivity index (χ0v) is 11.1. The normalized spacial score (nSPS) is 24.1. The largest absolute Gasteiger partial charge is 0.394 e. The van der Waals surface area contributed by atoms with Gasteiger partial charge in [-0.3, -0.25) is 4.79 Å². The summed E-state index contributed by atoms with van der Waals surface area (Å²) in [4.78, 5) is 14.8. The fraction of sp³-hybridized carbons (Fsp3) is 0.462. The van der Waals surface area contributed by atoms with E-state index < -0.39 is 0 Å². The van der Waals surface area contributed by atoms with E-state index in [9.17, 15) is 4.79 Å². The second kappa shape index (κ2) is 5.73. The van der Waals surface area contributed by atoms with E-state index >= 15 is 0 Å². The number of morpholine rings is 1. The molecular formula is C13H17NO3S. The summed E-state index contributed by atoms with van der Waals surface area (Å²) in [6, 6.07) is 7.16. The highest BCUT2D eigenvalue weighted by molar-refractivity contribution is 7.80. The lowest BCUT2D eigenvalue weighted by Gasteiger charge is -2.36. The molecule has 18 heavy (non-hydrogen) atoms. The Hall–Kier alpha value is -1.04. The van der Waals surface area contributed by atoms with Crippen LogP contribution in [-0.2, 0) is 4.74 Å². The van der Waals surface area contributed by atoms with Crippen LogP contribution in [0.2, 0.25) is 0 Å². The van der Waals surface area contributed by atoms with Gasteiger partial charge >= 0.3 is 0 Å². The van der Waals surface area contributed by atoms with Crippen LogP contribution in [0.1, 0.15) is 17.3 Å². The molecule has 1 aliphatic heterocycles. The van der Waals surface area contributed by atoms with Crippen molar-refractivity contribution in [3.63, 3.8) is 0 Å². The summed E-state index contributed by atoms with van der Waals surface area (Å²) in [5.74, 6) is -0.0421. The summed E-state index contributed by atoms with van der Waals surface area (Å²) in [5.41, 5.74) is 0.619. The minimum Gasteiger partial charge on any atom is -0.394 e. The van der Waals surface area contributed by atoms with E-state index in [2.05, 4.69) is 12.6 Å². The average Bonchev–Trinajstić information content (AvgIpc) is 2.37. The Balaban J connectivity index is 2.13. The summed E-state index contributed by atoms with van der Waals surface area (Å²) in [6.07, 6.45) is -0.351. The summed E-state index contributed by atoms with van der Waals surface area (Å²) >= 11 is 4.23. The van der Waals surface area contributed by atoms with Crippen LogP contribution in [0.15, 0.2) is 29.2 Å². The zero-order chi connectivity index (χ0) is 13.1. The van der Waals surface area contributed by atoms with Crippen molar-refractivity contribution in [1.82, 2.24) is 4.90 Å². The first kappa shape index (κ1) is 13.4. The second-order valence-electron chi connectivity index (χ2n) is 4.51. The number of aliphatic hydroxyl groups excluding tert-OH is 1. The molecule has 1 heterocycles. The lowest BCUT2D eigenvalue weighted by Crippen LogP contribution is -2.50. The van der Waals surface area contributed by atoms with Crippen LogP contribution in [0.3, 0.4) is 0 Å². The smallest absolute Gasteiger partial charge is 0.254 e. The highest BCUT2D eigenvalue weighted by Crippen LogP contribution is 2.16. The number of ether oxygens (including phenoxy) is 1. The topological polar surface area (TPSA) is 49.8 Å². The Labute approximate surface area is 112 Å². The van der Waals surface area contributed by atoms with Gasteiger partial charge in [-0.05, 0) is 25.1 Å². The molecule has 0 saturated carbocycles. The van der Waals surface area contributed by atoms with Crippen LogP contribution >= 0.6 is 12.6 Å². The van der Waals surface area contributed by atoms with E-state index in [1.165, 1.54) is 0 Å². The van der Waals surface area contributed by atoms with Gasteiger partial charge in [0.25, 0.3) is 5.91 Å². The van der Waals surface area contributed by atoms with Crippen molar-refractivity contribution >= 4 is 18.5 Å². The van der Waals surface area contributed by atoms with Gasteiger partial charge in [0.1, 0.15) is 0 Å². The van der Waals surface area contributed by atoms with Gasteiger partial charge in [-0.25, -0.2) is 0 Å². The highest BCUT2D eigenvalue weighted by Gasteiger charge is 2.28. The van der Waals surface area contributed by atoms with Crippen LogP contribution in [-0.4, -0.2) is 47.8 Å². The number of hydrogen-bond acceptors (Lipinski definition) is 4. The maximum atomic E-state index is 12.3. The molecular weight excluding hydrogens is 250 g/mol. The van der Waals surface area contributed by atoms with Crippen LogP contribution in [0.5, 0.6) is 0 Å². The van der Waals surface area contributed by atoms with Crippen molar-refractivity contribution in [2.75, 3.05) is 19.7 Å². The number of hydrogen-bond donors (Lipinski definition) is 2. The molecule has 1 N–H and O–H groups in total. The molecule has 0 aliphatic carbocycles. The Morgan fingerprint density at radius 1 is 1.56 bits per heavy atom. The Kier molecular flexibility index (Phi) is 4.27. The number of aliphatic hydroxyl groups is 1. The molecule has 1 aromatic carbocycles. The van der Waals surface area contributed by atoms with E-state index in [0.717, 1.165) is 4.90 Å². The first-order chi connectivity index (χ1) is 8.60. The van der Waals surface area contributed by atoms with Crippen molar-refractivity contribution in [3.8, 4) is 0 Å². The second-order valence-corrected chi connectivity index (χ2v) is 5.03. The van der Waals surface area contributed by atoms with E-state index in [-0.39, 0.29) is 24.7 Å². The minimum absolute atomic E-state index is 0.0421. The first-order valence-electron chi connectivity index (χ1n) is 5.94. The average molecular weight is 267 g/mol. The van der Waals surface area contributed by atoms with Gasteiger partial charge in [-0.2, -0.15) is 0 Å². The molecule has 2 rings (SSSR count). The van der Waals surface area contributed by atoms with E-state index in [1.807, 2.05) is 19.1 Å². The summed E-state index contributed by atoms with van der Waals surface area (Å²) in [6.45, 7) is 2.81. The zero-order valence-electron chi connectivity index (χ0n) is 10.2. The lowest BCUT2D eigenvalue weighted by molar-refractivity contribution is -0.0858. The highest BCUT2D eigenvalue weighted by atomic mass is 32.1. The maximum Gasteiger partial charge on any atom is 0.254 e. The van der Waals surface area contributed by atoms with Crippen LogP contribution in [0.4, 0.5) is 0 Å². The Bertz CT molecular complexity index is 438. The van der Waals surface area contributed by atoms with Gasteiger partial charge in [0.15, 0.2) is 0 Å². The van der Waals surface area contributed by atoms with Crippen molar-refractivity contribution in [2.45, 2.75) is 24.0 Å². The van der Waals surface area contributed by atoms with Gasteiger partial charge in [-0.1, -0.05) is 6.07 Å². The first-order valence-corrected chi connectivity index (χ1v) is 6.39. The third kappa shape index (κ3) is 3.04. The standard InChI is InChI=1S/C13H17NO3S/c1-9-6-14(7-11(8-15)17-9)13(16)10-3-2-4-12(18)5-10/h2-5,9,11,15,18H,6-8H2,1H3. The molecule has 1 saturated heterocycles. The summed E-state index contributed by atoms with van der Waals surface area (Å²) in [5, 5.41) is 9.15. The van der Waals surface area contributed by atoms with Crippen molar-refractivity contribution in [1.29, 1.82) is 0 Å². The van der Waals surface area contributed by atoms with Gasteiger partial charge < -0.3 is 14.7 Å². The molecule has 1 aromatic rings. The lowest BCUT2D eigenvalue weighted by atomic mass is 10.1. The fourth-order valence-corrected chi connectivity index (χ4v) is 2.36. The van der Waals surface area contributed by atoms with Crippen LogP contribution in [0.25, 0.3) is 0 Å². The predicted molar refractivity (Wildman–Crippen MR) is 71.0 cm³/mol. The molecule has 0 bridgehead atoms. The molecule has 0 spiro atoms. The van der Waals surface area contributed by atoms with Crippen molar-refractivity contribution in [2.24, 2.45) is 0 Å². The van der Waals surface area contributed by atoms with Crippen molar-refractivity contribution < 1.29 is 14.6 Å². The number of carbonyl (C=O) groups is 1. The summed E-state index contributed by atoms with van der Waals surface area (Å²) < 4.78 is 5.52. The number of amides is 1. The third-order valence-corrected chi connectivity index (χ3v) is 3.19. The van der Waals surface area contributed by atoms with E-state index in [1.54, 1.807) is 17.0 Å². The molecule has 0 aromatic heterocycles. The van der Waals surface area contributed by atoms with Crippen molar-refractivity contribution in [3.05, 3.63) is 29.8 Å². The molecule has 4 nitrogen and oxygen atoms in total. The number of nitrogens with zero attached hydrogens (tertiary/aromatic N) is 1. The molecule has 5 heteroatoms. The number of rotatable bonds is 2. The molecule has 2 unspecified atom stereocenters. The maximum absolute atomic E-state index is 12.3. The van der Waals surface area contributed by atoms with E-state index in [4.69, 9.17) is 9.84 Å². The number of carbonyl (C=O) groups excluding carboxylic acids is 1. The fourth-order valence-electron chi connectivity index (χ4n) is 2.13. The van der Waals surface area contributed by atoms with Gasteiger partial charge in [-0.15, -0.1) is 12.6 Å². The minimum atomic E-state index is -0.295. The van der Waals surface area contributed by atoms with Gasteiger partial charge in [0.2, 0.25) is 0 Å². The molecule has 2 atom stereocenters. The number of benzene rings is 1. The SMILES string of the molecule is CC1CN(C(=O)c2cccc(S)c2)CC(CO)O1. The van der Waals surface area contributed by atoms with E-state index in [0.29, 0.717) is 18.7 Å². The van der Waals surface area contributed by atoms with Gasteiger partial charge in [0, 0.05) is 23.5 Å². The quantitative estimate of drug-likeness (QED) is 0.792. The molecule has 98 valence electrons. The van der Waals surface area contributed by atoms with Gasteiger partial charge in [0.05, 0.1) is 18.8 Å². The van der Waals surface area contributed by atoms with Crippen LogP contribution in [0, 0.1) is 0 Å². The Morgan fingerprint density at radius 3 is 3.00 bits per heavy atom. The van der Waals surface area contributed by atoms with Crippen LogP contribution < -0.4 is 0 Å². The molecule has 0 radical (unpaired) electrons. The predicted octanol–water partition coefficient (Wildman–Crippen LogP) is 1.20. The third-order valence-electron chi connectivity index (χ3n) is 2.91. The molecule has 1 fully saturated rings. The monoisotopic (exact) mass is 267 g/mol. The molecule has 1 aliphatic rings. The number of thiol groups is 1. The summed E-state index contributed by atoms with van der Waals surface area (Å²) in [7, 11) is 0. The Morgan fingerprint density at radius 2 is 2.33 bits per heavy atom. The molecule has 1 amide bonds.